The number of ether oxygens (including phenoxy) is 1. The summed E-state index contributed by atoms with van der Waals surface area (Å²) in [5, 5.41) is 0.632. The molecular weight excluding hydrogens is 372 g/mol. The summed E-state index contributed by atoms with van der Waals surface area (Å²) < 4.78 is 5.49. The maximum Gasteiger partial charge on any atom is 0.307 e. The van der Waals surface area contributed by atoms with Gasteiger partial charge in [-0.05, 0) is 35.2 Å². The summed E-state index contributed by atoms with van der Waals surface area (Å²) in [5.41, 5.74) is 2.45. The second kappa shape index (κ2) is 7.61. The largest absolute Gasteiger partial charge is 0.461 e. The van der Waals surface area contributed by atoms with Gasteiger partial charge >= 0.3 is 5.97 Å². The fourth-order valence-electron chi connectivity index (χ4n) is 3.84. The molecule has 3 aromatic carbocycles. The second-order valence-corrected chi connectivity index (χ2v) is 7.51. The van der Waals surface area contributed by atoms with Crippen LogP contribution in [0.25, 0.3) is 0 Å². The van der Waals surface area contributed by atoms with Crippen LogP contribution < -0.4 is 0 Å². The number of halogens is 1. The molecule has 4 heteroatoms. The molecular formula is C24H19ClO3. The van der Waals surface area contributed by atoms with Crippen molar-refractivity contribution < 1.29 is 14.3 Å². The zero-order chi connectivity index (χ0) is 19.6. The molecule has 0 aromatic heterocycles. The van der Waals surface area contributed by atoms with E-state index in [-0.39, 0.29) is 24.8 Å². The van der Waals surface area contributed by atoms with Gasteiger partial charge in [-0.25, -0.2) is 0 Å². The molecule has 0 spiro atoms. The molecule has 3 nitrogen and oxygen atoms in total. The molecule has 1 aliphatic carbocycles. The van der Waals surface area contributed by atoms with Gasteiger partial charge in [0, 0.05) is 10.6 Å². The summed E-state index contributed by atoms with van der Waals surface area (Å²) >= 11 is 5.89. The van der Waals surface area contributed by atoms with Crippen LogP contribution in [0.15, 0.2) is 78.9 Å². The molecule has 28 heavy (non-hydrogen) atoms. The lowest BCUT2D eigenvalue weighted by Crippen LogP contribution is -2.36. The van der Waals surface area contributed by atoms with E-state index in [1.54, 1.807) is 12.1 Å². The van der Waals surface area contributed by atoms with Crippen LogP contribution in [0.5, 0.6) is 0 Å². The number of hydrogen-bond acceptors (Lipinski definition) is 3. The summed E-state index contributed by atoms with van der Waals surface area (Å²) in [5.74, 6) is -0.405. The molecule has 1 atom stereocenters. The Morgan fingerprint density at radius 1 is 0.929 bits per heavy atom. The number of hydrogen-bond donors (Lipinski definition) is 0. The van der Waals surface area contributed by atoms with E-state index in [1.165, 1.54) is 0 Å². The van der Waals surface area contributed by atoms with Crippen LogP contribution in [0.2, 0.25) is 5.02 Å². The Labute approximate surface area is 168 Å². The van der Waals surface area contributed by atoms with Gasteiger partial charge in [-0.15, -0.1) is 0 Å². The highest BCUT2D eigenvalue weighted by molar-refractivity contribution is 6.30. The van der Waals surface area contributed by atoms with Gasteiger partial charge < -0.3 is 4.74 Å². The highest BCUT2D eigenvalue weighted by atomic mass is 35.5. The van der Waals surface area contributed by atoms with E-state index in [4.69, 9.17) is 16.3 Å². The van der Waals surface area contributed by atoms with E-state index in [9.17, 15) is 9.59 Å². The molecule has 0 amide bonds. The van der Waals surface area contributed by atoms with Crippen molar-refractivity contribution in [1.29, 1.82) is 0 Å². The monoisotopic (exact) mass is 390 g/mol. The van der Waals surface area contributed by atoms with Crippen LogP contribution in [0, 0.1) is 0 Å². The first-order valence-corrected chi connectivity index (χ1v) is 9.55. The van der Waals surface area contributed by atoms with Crippen LogP contribution in [-0.2, 0) is 28.0 Å². The Balaban J connectivity index is 1.58. The predicted molar refractivity (Wildman–Crippen MR) is 108 cm³/mol. The molecule has 0 bridgehead atoms. The Morgan fingerprint density at radius 3 is 2.32 bits per heavy atom. The van der Waals surface area contributed by atoms with Gasteiger partial charge in [-0.2, -0.15) is 0 Å². The third-order valence-corrected chi connectivity index (χ3v) is 5.53. The number of esters is 1. The van der Waals surface area contributed by atoms with Gasteiger partial charge in [0.1, 0.15) is 6.61 Å². The van der Waals surface area contributed by atoms with Gasteiger partial charge in [0.2, 0.25) is 0 Å². The van der Waals surface area contributed by atoms with E-state index in [1.807, 2.05) is 66.7 Å². The topological polar surface area (TPSA) is 43.4 Å². The highest BCUT2D eigenvalue weighted by Crippen LogP contribution is 2.42. The molecule has 140 valence electrons. The minimum absolute atomic E-state index is 0.0120. The van der Waals surface area contributed by atoms with E-state index in [2.05, 4.69) is 0 Å². The first-order valence-electron chi connectivity index (χ1n) is 9.17. The number of fused-ring (bicyclic) bond motifs is 1. The number of carbonyl (C=O) groups excluding carboxylic acids is 2. The first kappa shape index (κ1) is 18.5. The van der Waals surface area contributed by atoms with Gasteiger partial charge in [0.05, 0.1) is 11.8 Å². The Hall–Kier alpha value is -2.91. The zero-order valence-corrected chi connectivity index (χ0v) is 16.0. The molecule has 0 heterocycles. The number of carbonyl (C=O) groups is 2. The van der Waals surface area contributed by atoms with Crippen LogP contribution in [0.1, 0.15) is 33.5 Å². The average Bonchev–Trinajstić information content (AvgIpc) is 3.01. The summed E-state index contributed by atoms with van der Waals surface area (Å²) in [7, 11) is 0. The maximum atomic E-state index is 13.3. The molecule has 0 saturated heterocycles. The summed E-state index contributed by atoms with van der Waals surface area (Å²) in [6.45, 7) is 0.155. The van der Waals surface area contributed by atoms with E-state index >= 15 is 0 Å². The lowest BCUT2D eigenvalue weighted by atomic mass is 9.74. The van der Waals surface area contributed by atoms with Crippen molar-refractivity contribution in [1.82, 2.24) is 0 Å². The Bertz CT molecular complexity index is 1010. The van der Waals surface area contributed by atoms with E-state index in [0.29, 0.717) is 17.0 Å². The molecule has 0 N–H and O–H groups in total. The first-order chi connectivity index (χ1) is 13.6. The third-order valence-electron chi connectivity index (χ3n) is 5.27. The fourth-order valence-corrected chi connectivity index (χ4v) is 3.96. The van der Waals surface area contributed by atoms with E-state index < -0.39 is 5.41 Å². The Morgan fingerprint density at radius 2 is 1.61 bits per heavy atom. The van der Waals surface area contributed by atoms with Crippen molar-refractivity contribution in [2.24, 2.45) is 0 Å². The van der Waals surface area contributed by atoms with Crippen molar-refractivity contribution in [3.8, 4) is 0 Å². The van der Waals surface area contributed by atoms with Crippen LogP contribution in [-0.4, -0.2) is 11.8 Å². The molecule has 3 aromatic rings. The predicted octanol–water partition coefficient (Wildman–Crippen LogP) is 5.15. The average molecular weight is 391 g/mol. The second-order valence-electron chi connectivity index (χ2n) is 7.08. The van der Waals surface area contributed by atoms with Crippen molar-refractivity contribution in [3.05, 3.63) is 106 Å². The van der Waals surface area contributed by atoms with Crippen LogP contribution in [0.4, 0.5) is 0 Å². The molecule has 0 saturated carbocycles. The normalized spacial score (nSPS) is 18.0. The van der Waals surface area contributed by atoms with Crippen molar-refractivity contribution >= 4 is 23.4 Å². The summed E-state index contributed by atoms with van der Waals surface area (Å²) in [4.78, 5) is 26.1. The number of Topliss-reactive ketones (excluding diaryl/α,β-unsaturated/α-hetero) is 1. The summed E-state index contributed by atoms with van der Waals surface area (Å²) in [6, 6.07) is 24.2. The number of ketones is 1. The standard InChI is InChI=1S/C24H19ClO3/c25-20-12-10-17(11-13-20)16-28-22(26)15-24(19-7-2-1-3-8-19)14-18-6-4-5-9-21(18)23(24)27/h1-13H,14-16H2. The minimum Gasteiger partial charge on any atom is -0.461 e. The molecule has 4 rings (SSSR count). The van der Waals surface area contributed by atoms with Gasteiger partial charge in [-0.3, -0.25) is 9.59 Å². The molecule has 1 aliphatic rings. The molecule has 0 radical (unpaired) electrons. The Kier molecular flexibility index (Phi) is 5.01. The fraction of sp³-hybridized carbons (Fsp3) is 0.167. The van der Waals surface area contributed by atoms with Gasteiger partial charge in [0.15, 0.2) is 5.78 Å². The van der Waals surface area contributed by atoms with Crippen LogP contribution in [0.3, 0.4) is 0 Å². The lowest BCUT2D eigenvalue weighted by Gasteiger charge is -2.27. The minimum atomic E-state index is -0.915. The number of rotatable bonds is 5. The van der Waals surface area contributed by atoms with Crippen LogP contribution >= 0.6 is 11.6 Å². The molecule has 0 fully saturated rings. The van der Waals surface area contributed by atoms with E-state index in [0.717, 1.165) is 16.7 Å². The third kappa shape index (κ3) is 3.46. The number of benzene rings is 3. The van der Waals surface area contributed by atoms with Gasteiger partial charge in [-0.1, -0.05) is 78.3 Å². The lowest BCUT2D eigenvalue weighted by molar-refractivity contribution is -0.146. The van der Waals surface area contributed by atoms with Crippen molar-refractivity contribution in [3.63, 3.8) is 0 Å². The maximum absolute atomic E-state index is 13.3. The van der Waals surface area contributed by atoms with Crippen molar-refractivity contribution in [2.45, 2.75) is 24.9 Å². The van der Waals surface area contributed by atoms with Crippen molar-refractivity contribution in [2.75, 3.05) is 0 Å². The van der Waals surface area contributed by atoms with Gasteiger partial charge in [0.25, 0.3) is 0 Å². The highest BCUT2D eigenvalue weighted by Gasteiger charge is 2.48. The zero-order valence-electron chi connectivity index (χ0n) is 15.2. The quantitative estimate of drug-likeness (QED) is 0.566. The summed E-state index contributed by atoms with van der Waals surface area (Å²) in [6.07, 6.45) is 0.514. The molecule has 0 aliphatic heterocycles. The molecule has 1 unspecified atom stereocenters. The SMILES string of the molecule is O=C(CC1(c2ccccc2)Cc2ccccc2C1=O)OCc1ccc(Cl)cc1. The smallest absolute Gasteiger partial charge is 0.307 e.